The maximum Gasteiger partial charge on any atom is 0.170 e. The van der Waals surface area contributed by atoms with Crippen LogP contribution in [0.5, 0.6) is 5.75 Å². The molecule has 0 aromatic heterocycles. The number of hydrogen-bond acceptors (Lipinski definition) is 4. The highest BCUT2D eigenvalue weighted by Gasteiger charge is 2.41. The molecule has 32 heavy (non-hydrogen) atoms. The maximum atomic E-state index is 10.6. The van der Waals surface area contributed by atoms with Gasteiger partial charge in [0, 0.05) is 68.6 Å². The minimum absolute atomic E-state index is 0.310. The van der Waals surface area contributed by atoms with Crippen molar-refractivity contribution in [3.05, 3.63) is 59.1 Å². The van der Waals surface area contributed by atoms with E-state index >= 15 is 0 Å². The molecule has 9 heteroatoms. The normalized spacial score (nSPS) is 19.8. The van der Waals surface area contributed by atoms with E-state index in [1.54, 1.807) is 6.07 Å². The Kier molecular flexibility index (Phi) is 7.78. The van der Waals surface area contributed by atoms with Crippen LogP contribution in [0.25, 0.3) is 0 Å². The molecule has 2 aliphatic heterocycles. The molecule has 4 rings (SSSR count). The summed E-state index contributed by atoms with van der Waals surface area (Å²) < 4.78 is 7.47. The van der Waals surface area contributed by atoms with Gasteiger partial charge in [-0.25, -0.2) is 9.34 Å². The summed E-state index contributed by atoms with van der Waals surface area (Å²) in [5, 5.41) is 11.3. The molecular formula is C23H33ClN5OPS. The van der Waals surface area contributed by atoms with E-state index in [1.807, 2.05) is 30.3 Å². The number of halogens is 1. The third kappa shape index (κ3) is 5.15. The number of phenolic OH excluding ortho intramolecular Hbond substituents is 1. The lowest BCUT2D eigenvalue weighted by Gasteiger charge is -2.52. The summed E-state index contributed by atoms with van der Waals surface area (Å²) in [7, 11) is 4.35. The van der Waals surface area contributed by atoms with E-state index in [1.165, 1.54) is 0 Å². The van der Waals surface area contributed by atoms with Gasteiger partial charge >= 0.3 is 0 Å². The molecule has 0 saturated carbocycles. The molecule has 2 aliphatic rings. The topological polar surface area (TPSA) is 36.4 Å². The van der Waals surface area contributed by atoms with Crippen LogP contribution < -0.4 is 4.67 Å². The first-order valence-corrected chi connectivity index (χ1v) is 14.2. The van der Waals surface area contributed by atoms with Gasteiger partial charge in [0.25, 0.3) is 0 Å². The second kappa shape index (κ2) is 10.4. The lowest BCUT2D eigenvalue weighted by molar-refractivity contribution is 0.196. The molecule has 0 bridgehead atoms. The van der Waals surface area contributed by atoms with Crippen LogP contribution in [-0.4, -0.2) is 90.7 Å². The number of piperazine rings is 2. The Morgan fingerprint density at radius 2 is 1.34 bits per heavy atom. The summed E-state index contributed by atoms with van der Waals surface area (Å²) >= 11 is 13.0. The van der Waals surface area contributed by atoms with Crippen LogP contribution >= 0.6 is 18.1 Å². The number of likely N-dealkylation sites (N-methyl/N-ethyl adjacent to an activating group) is 2. The second-order valence-corrected chi connectivity index (χ2v) is 13.2. The molecular weight excluding hydrogens is 461 g/mol. The minimum Gasteiger partial charge on any atom is -0.508 e. The van der Waals surface area contributed by atoms with Gasteiger partial charge in [0.2, 0.25) is 0 Å². The molecule has 0 aliphatic carbocycles. The minimum atomic E-state index is -2.33. The zero-order valence-corrected chi connectivity index (χ0v) is 21.4. The molecule has 2 fully saturated rings. The number of phenols is 1. The Bertz CT molecular complexity index is 920. The highest BCUT2D eigenvalue weighted by atomic mass is 35.5. The predicted octanol–water partition coefficient (Wildman–Crippen LogP) is 3.77. The number of rotatable bonds is 6. The molecule has 0 unspecified atom stereocenters. The van der Waals surface area contributed by atoms with E-state index < -0.39 is 6.49 Å². The Morgan fingerprint density at radius 3 is 1.84 bits per heavy atom. The van der Waals surface area contributed by atoms with Gasteiger partial charge in [0.15, 0.2) is 6.49 Å². The SMILES string of the molecule is CN1CCN(P(=S)(N2CCN(C)CC2)N(Cc2ccccc2O)c2ccc(Cl)cc2)CC1. The number of nitrogens with zero attached hydrogens (tertiary/aromatic N) is 5. The van der Waals surface area contributed by atoms with Crippen LogP contribution in [0.3, 0.4) is 0 Å². The van der Waals surface area contributed by atoms with Gasteiger partial charge in [-0.3, -0.25) is 0 Å². The van der Waals surface area contributed by atoms with Crippen molar-refractivity contribution in [3.8, 4) is 5.75 Å². The highest BCUT2D eigenvalue weighted by molar-refractivity contribution is 8.13. The van der Waals surface area contributed by atoms with Crippen LogP contribution in [0.1, 0.15) is 5.56 Å². The quantitative estimate of drug-likeness (QED) is 0.614. The third-order valence-corrected chi connectivity index (χ3v) is 12.0. The molecule has 0 radical (unpaired) electrons. The molecule has 2 aromatic carbocycles. The average Bonchev–Trinajstić information content (AvgIpc) is 2.80. The summed E-state index contributed by atoms with van der Waals surface area (Å²) in [4.78, 5) is 4.74. The fraction of sp³-hybridized carbons (Fsp3) is 0.478. The summed E-state index contributed by atoms with van der Waals surface area (Å²) in [6.45, 7) is 6.07. The largest absolute Gasteiger partial charge is 0.508 e. The monoisotopic (exact) mass is 493 g/mol. The lowest BCUT2D eigenvalue weighted by Crippen LogP contribution is -2.52. The van der Waals surface area contributed by atoms with Gasteiger partial charge in [-0.1, -0.05) is 29.8 Å². The molecule has 1 N–H and O–H groups in total. The number of benzene rings is 2. The first-order chi connectivity index (χ1) is 15.4. The van der Waals surface area contributed by atoms with E-state index in [4.69, 9.17) is 23.4 Å². The number of aromatic hydroxyl groups is 1. The number of para-hydroxylation sites is 1. The van der Waals surface area contributed by atoms with Crippen LogP contribution in [0, 0.1) is 0 Å². The van der Waals surface area contributed by atoms with E-state index in [2.05, 4.69) is 50.0 Å². The molecule has 0 amide bonds. The van der Waals surface area contributed by atoms with Crippen LogP contribution in [0.2, 0.25) is 5.02 Å². The fourth-order valence-corrected chi connectivity index (χ4v) is 9.05. The van der Waals surface area contributed by atoms with Crippen molar-refractivity contribution >= 4 is 35.6 Å². The van der Waals surface area contributed by atoms with Crippen molar-refractivity contribution in [2.24, 2.45) is 0 Å². The Labute approximate surface area is 202 Å². The highest BCUT2D eigenvalue weighted by Crippen LogP contribution is 2.59. The summed E-state index contributed by atoms with van der Waals surface area (Å²) in [5.74, 6) is 0.310. The first kappa shape index (κ1) is 24.0. The van der Waals surface area contributed by atoms with E-state index in [0.717, 1.165) is 63.6 Å². The number of hydrogen-bond donors (Lipinski definition) is 1. The zero-order chi connectivity index (χ0) is 22.7. The Balaban J connectivity index is 1.78. The zero-order valence-electron chi connectivity index (χ0n) is 18.9. The van der Waals surface area contributed by atoms with Crippen LogP contribution in [-0.2, 0) is 18.4 Å². The maximum absolute atomic E-state index is 10.6. The van der Waals surface area contributed by atoms with Crippen LogP contribution in [0.15, 0.2) is 48.5 Å². The van der Waals surface area contributed by atoms with Gasteiger partial charge in [-0.2, -0.15) is 0 Å². The second-order valence-electron chi connectivity index (χ2n) is 8.69. The van der Waals surface area contributed by atoms with Gasteiger partial charge in [0.05, 0.1) is 6.54 Å². The molecule has 0 atom stereocenters. The first-order valence-electron chi connectivity index (χ1n) is 11.2. The number of anilines is 1. The van der Waals surface area contributed by atoms with E-state index in [0.29, 0.717) is 17.3 Å². The van der Waals surface area contributed by atoms with Crippen molar-refractivity contribution in [1.29, 1.82) is 0 Å². The van der Waals surface area contributed by atoms with Gasteiger partial charge in [0.1, 0.15) is 5.75 Å². The Morgan fingerprint density at radius 1 is 0.844 bits per heavy atom. The summed E-state index contributed by atoms with van der Waals surface area (Å²) in [6, 6.07) is 15.6. The van der Waals surface area contributed by atoms with Crippen molar-refractivity contribution in [3.63, 3.8) is 0 Å². The fourth-order valence-electron chi connectivity index (χ4n) is 4.35. The molecule has 2 aromatic rings. The van der Waals surface area contributed by atoms with Crippen molar-refractivity contribution in [2.75, 3.05) is 71.1 Å². The van der Waals surface area contributed by atoms with E-state index in [9.17, 15) is 5.11 Å². The smallest absolute Gasteiger partial charge is 0.170 e. The third-order valence-electron chi connectivity index (χ3n) is 6.45. The lowest BCUT2D eigenvalue weighted by atomic mass is 10.2. The average molecular weight is 494 g/mol. The summed E-state index contributed by atoms with van der Waals surface area (Å²) in [5.41, 5.74) is 1.94. The molecule has 0 spiro atoms. The molecule has 6 nitrogen and oxygen atoms in total. The summed E-state index contributed by atoms with van der Waals surface area (Å²) in [6.07, 6.45) is 0. The van der Waals surface area contributed by atoms with E-state index in [-0.39, 0.29) is 0 Å². The van der Waals surface area contributed by atoms with Gasteiger partial charge in [-0.05, 0) is 56.2 Å². The standard InChI is InChI=1S/C23H33ClN5OPS/c1-25-11-15-27(16-12-25)31(32,28-17-13-26(2)14-18-28)29(22-9-7-21(24)8-10-22)19-20-5-3-4-6-23(20)30/h3-10,30H,11-19H2,1-2H3. The Hall–Kier alpha value is -1.18. The van der Waals surface area contributed by atoms with Gasteiger partial charge in [-0.15, -0.1) is 0 Å². The van der Waals surface area contributed by atoms with Gasteiger partial charge < -0.3 is 19.6 Å². The predicted molar refractivity (Wildman–Crippen MR) is 138 cm³/mol. The van der Waals surface area contributed by atoms with Crippen molar-refractivity contribution in [1.82, 2.24) is 19.1 Å². The molecule has 2 saturated heterocycles. The van der Waals surface area contributed by atoms with Crippen molar-refractivity contribution < 1.29 is 5.11 Å². The van der Waals surface area contributed by atoms with Crippen LogP contribution in [0.4, 0.5) is 5.69 Å². The van der Waals surface area contributed by atoms with Crippen molar-refractivity contribution in [2.45, 2.75) is 6.54 Å². The molecule has 174 valence electrons. The molecule has 2 heterocycles.